The van der Waals surface area contributed by atoms with Crippen molar-refractivity contribution in [3.63, 3.8) is 0 Å². The van der Waals surface area contributed by atoms with Gasteiger partial charge in [0.1, 0.15) is 11.5 Å². The van der Waals surface area contributed by atoms with Crippen LogP contribution < -0.4 is 14.2 Å². The van der Waals surface area contributed by atoms with Crippen molar-refractivity contribution < 1.29 is 23.0 Å². The quantitative estimate of drug-likeness (QED) is 0.403. The van der Waals surface area contributed by atoms with Gasteiger partial charge in [0.25, 0.3) is 0 Å². The van der Waals surface area contributed by atoms with Gasteiger partial charge in [-0.1, -0.05) is 12.1 Å². The Kier molecular flexibility index (Phi) is 5.20. The second-order valence-corrected chi connectivity index (χ2v) is 8.61. The van der Waals surface area contributed by atoms with E-state index in [1.807, 2.05) is 34.5 Å². The first-order valence-electron chi connectivity index (χ1n) is 11.5. The van der Waals surface area contributed by atoms with Crippen LogP contribution in [0.1, 0.15) is 47.4 Å². The van der Waals surface area contributed by atoms with Gasteiger partial charge in [-0.3, -0.25) is 0 Å². The van der Waals surface area contributed by atoms with Crippen molar-refractivity contribution in [2.75, 3.05) is 7.11 Å². The third-order valence-electron chi connectivity index (χ3n) is 6.17. The number of alkyl halides is 2. The molecule has 0 fully saturated rings. The smallest absolute Gasteiger partial charge is 0.479 e. The van der Waals surface area contributed by atoms with Gasteiger partial charge >= 0.3 is 6.29 Å². The zero-order valence-electron chi connectivity index (χ0n) is 19.6. The minimum Gasteiger partial charge on any atom is -0.479 e. The fourth-order valence-electron chi connectivity index (χ4n) is 4.60. The van der Waals surface area contributed by atoms with E-state index in [-0.39, 0.29) is 17.4 Å². The number of hydrogen-bond acceptors (Lipinski definition) is 7. The first kappa shape index (κ1) is 22.2. The van der Waals surface area contributed by atoms with Crippen molar-refractivity contribution in [2.24, 2.45) is 0 Å². The Morgan fingerprint density at radius 3 is 2.83 bits per heavy atom. The normalized spacial score (nSPS) is 17.9. The zero-order chi connectivity index (χ0) is 24.9. The van der Waals surface area contributed by atoms with Crippen LogP contribution in [-0.2, 0) is 6.54 Å². The molecule has 0 aliphatic carbocycles. The summed E-state index contributed by atoms with van der Waals surface area (Å²) >= 11 is 0. The summed E-state index contributed by atoms with van der Waals surface area (Å²) in [6, 6.07) is 8.70. The maximum Gasteiger partial charge on any atom is 0.586 e. The van der Waals surface area contributed by atoms with Gasteiger partial charge in [0.05, 0.1) is 24.8 Å². The van der Waals surface area contributed by atoms with E-state index in [9.17, 15) is 8.78 Å². The molecular weight excluding hydrogens is 470 g/mol. The Labute approximate surface area is 205 Å². The Morgan fingerprint density at radius 1 is 1.14 bits per heavy atom. The number of nitrogens with zero attached hydrogens (tertiary/aromatic N) is 6. The number of imidazole rings is 1. The van der Waals surface area contributed by atoms with E-state index in [0.717, 1.165) is 24.2 Å². The lowest BCUT2D eigenvalue weighted by atomic mass is 9.90. The number of benzene rings is 1. The molecule has 36 heavy (non-hydrogen) atoms. The van der Waals surface area contributed by atoms with E-state index in [0.29, 0.717) is 35.3 Å². The number of rotatable bonds is 5. The van der Waals surface area contributed by atoms with Gasteiger partial charge in [0, 0.05) is 24.2 Å². The summed E-state index contributed by atoms with van der Waals surface area (Å²) in [7, 11) is 1.57. The van der Waals surface area contributed by atoms with Gasteiger partial charge in [-0.2, -0.15) is 5.10 Å². The highest BCUT2D eigenvalue weighted by Crippen LogP contribution is 2.48. The number of aryl methyl sites for hydroxylation is 2. The standard InChI is InChI=1S/C25H22F2N6O3/c1-15-13-32(14-28-15)19-10-8-16(29-24(19)34-2)9-11-21-30-23-18(6-4-12-33(23)31-21)17-5-3-7-20-22(17)36-25(26,27)35-20/h3,5,7-11,13-14,18H,4,6,12H2,1-2H3/t18-/m0/s1. The van der Waals surface area contributed by atoms with Gasteiger partial charge in [-0.25, -0.2) is 19.6 Å². The second kappa shape index (κ2) is 8.43. The highest BCUT2D eigenvalue weighted by Gasteiger charge is 2.45. The van der Waals surface area contributed by atoms with E-state index in [4.69, 9.17) is 14.5 Å². The molecule has 0 N–H and O–H groups in total. The van der Waals surface area contributed by atoms with E-state index >= 15 is 0 Å². The number of aromatic nitrogens is 6. The van der Waals surface area contributed by atoms with Crippen LogP contribution in [0.5, 0.6) is 17.4 Å². The summed E-state index contributed by atoms with van der Waals surface area (Å²) < 4.78 is 46.0. The van der Waals surface area contributed by atoms with Gasteiger partial charge < -0.3 is 18.8 Å². The third-order valence-corrected chi connectivity index (χ3v) is 6.17. The van der Waals surface area contributed by atoms with Crippen LogP contribution in [0, 0.1) is 6.92 Å². The summed E-state index contributed by atoms with van der Waals surface area (Å²) in [5.74, 6) is 1.52. The van der Waals surface area contributed by atoms with Gasteiger partial charge in [0.2, 0.25) is 5.88 Å². The van der Waals surface area contributed by atoms with Crippen molar-refractivity contribution in [1.82, 2.24) is 29.3 Å². The molecule has 1 aromatic carbocycles. The molecule has 0 spiro atoms. The maximum absolute atomic E-state index is 13.7. The van der Waals surface area contributed by atoms with E-state index in [1.54, 1.807) is 37.7 Å². The summed E-state index contributed by atoms with van der Waals surface area (Å²) in [6.07, 6.45) is 5.08. The number of pyridine rings is 1. The van der Waals surface area contributed by atoms with Crippen LogP contribution in [0.4, 0.5) is 8.78 Å². The lowest BCUT2D eigenvalue weighted by Gasteiger charge is -2.23. The van der Waals surface area contributed by atoms with Crippen LogP contribution in [0.15, 0.2) is 42.9 Å². The number of ether oxygens (including phenoxy) is 3. The van der Waals surface area contributed by atoms with Crippen LogP contribution in [-0.4, -0.2) is 42.7 Å². The molecule has 1 atom stereocenters. The van der Waals surface area contributed by atoms with Gasteiger partial charge in [-0.15, -0.1) is 8.78 Å². The lowest BCUT2D eigenvalue weighted by molar-refractivity contribution is -0.287. The van der Waals surface area contributed by atoms with Crippen molar-refractivity contribution >= 4 is 12.2 Å². The monoisotopic (exact) mass is 492 g/mol. The molecule has 184 valence electrons. The third kappa shape index (κ3) is 3.96. The maximum atomic E-state index is 13.7. The van der Waals surface area contributed by atoms with Crippen LogP contribution in [0.25, 0.3) is 17.8 Å². The number of hydrogen-bond donors (Lipinski definition) is 0. The molecule has 5 heterocycles. The molecule has 11 heteroatoms. The van der Waals surface area contributed by atoms with Crippen LogP contribution >= 0.6 is 0 Å². The topological polar surface area (TPSA) is 89.1 Å². The summed E-state index contributed by atoms with van der Waals surface area (Å²) in [6.45, 7) is 2.61. The molecule has 6 rings (SSSR count). The SMILES string of the molecule is COc1nc(C=Cc2nc3n(n2)CCC[C@H]3c2cccc3c2OC(F)(F)O3)ccc1-n1cnc(C)c1. The van der Waals surface area contributed by atoms with Crippen molar-refractivity contribution in [1.29, 1.82) is 0 Å². The average Bonchev–Trinajstić information content (AvgIpc) is 3.57. The minimum absolute atomic E-state index is 0.0311. The molecule has 0 saturated carbocycles. The predicted molar refractivity (Wildman–Crippen MR) is 125 cm³/mol. The lowest BCUT2D eigenvalue weighted by Crippen LogP contribution is -2.26. The molecule has 3 aromatic heterocycles. The highest BCUT2D eigenvalue weighted by molar-refractivity contribution is 5.66. The number of fused-ring (bicyclic) bond motifs is 2. The molecule has 0 bridgehead atoms. The second-order valence-electron chi connectivity index (χ2n) is 8.61. The average molecular weight is 492 g/mol. The van der Waals surface area contributed by atoms with Crippen LogP contribution in [0.2, 0.25) is 0 Å². The molecule has 0 unspecified atom stereocenters. The summed E-state index contributed by atoms with van der Waals surface area (Å²) in [5.41, 5.74) is 2.96. The fourth-order valence-corrected chi connectivity index (χ4v) is 4.60. The first-order valence-corrected chi connectivity index (χ1v) is 11.5. The Hall–Kier alpha value is -4.28. The molecule has 0 radical (unpaired) electrons. The van der Waals surface area contributed by atoms with E-state index in [2.05, 4.69) is 19.8 Å². The number of para-hydroxylation sites is 1. The van der Waals surface area contributed by atoms with Crippen molar-refractivity contribution in [3.8, 4) is 23.1 Å². The molecule has 9 nitrogen and oxygen atoms in total. The molecular formula is C25H22F2N6O3. The predicted octanol–water partition coefficient (Wildman–Crippen LogP) is 4.59. The molecule has 2 aliphatic heterocycles. The Bertz CT molecular complexity index is 1480. The zero-order valence-corrected chi connectivity index (χ0v) is 19.6. The van der Waals surface area contributed by atoms with E-state index in [1.165, 1.54) is 6.07 Å². The number of methoxy groups -OCH3 is 1. The summed E-state index contributed by atoms with van der Waals surface area (Å²) in [5, 5.41) is 4.60. The molecule has 2 aliphatic rings. The first-order chi connectivity index (χ1) is 17.4. The Balaban J connectivity index is 1.28. The van der Waals surface area contributed by atoms with Crippen molar-refractivity contribution in [3.05, 3.63) is 71.5 Å². The molecule has 0 saturated heterocycles. The van der Waals surface area contributed by atoms with Crippen LogP contribution in [0.3, 0.4) is 0 Å². The van der Waals surface area contributed by atoms with Gasteiger partial charge in [-0.05, 0) is 50.1 Å². The highest BCUT2D eigenvalue weighted by atomic mass is 19.3. The van der Waals surface area contributed by atoms with Crippen molar-refractivity contribution in [2.45, 2.75) is 38.5 Å². The Morgan fingerprint density at radius 2 is 2.03 bits per heavy atom. The molecule has 0 amide bonds. The molecule has 4 aromatic rings. The fraction of sp³-hybridized carbons (Fsp3) is 0.280. The number of halogens is 2. The largest absolute Gasteiger partial charge is 0.586 e. The van der Waals surface area contributed by atoms with E-state index < -0.39 is 6.29 Å². The summed E-state index contributed by atoms with van der Waals surface area (Å²) in [4.78, 5) is 13.5. The minimum atomic E-state index is -3.67. The van der Waals surface area contributed by atoms with Gasteiger partial charge in [0.15, 0.2) is 17.3 Å².